The van der Waals surface area contributed by atoms with Gasteiger partial charge in [0.15, 0.2) is 0 Å². The van der Waals surface area contributed by atoms with Gasteiger partial charge in [0.05, 0.1) is 0 Å². The van der Waals surface area contributed by atoms with E-state index in [1.165, 1.54) is 128 Å². The third-order valence-electron chi connectivity index (χ3n) is 7.97. The molecule has 0 saturated heterocycles. The van der Waals surface area contributed by atoms with Crippen LogP contribution in [0.5, 0.6) is 0 Å². The highest BCUT2D eigenvalue weighted by Gasteiger charge is 2.21. The minimum absolute atomic E-state index is 0.0451. The first-order valence-electron chi connectivity index (χ1n) is 17.8. The van der Waals surface area contributed by atoms with Gasteiger partial charge in [-0.2, -0.15) is 0 Å². The topological polar surface area (TPSA) is 70.2 Å². The van der Waals surface area contributed by atoms with E-state index in [0.717, 1.165) is 25.7 Å². The van der Waals surface area contributed by atoms with Gasteiger partial charge >= 0.3 is 6.03 Å². The molecule has 0 aromatic rings. The first-order chi connectivity index (χ1) is 19.5. The number of carbonyl (C=O) groups is 2. The van der Waals surface area contributed by atoms with Gasteiger partial charge in [0.2, 0.25) is 5.91 Å². The van der Waals surface area contributed by atoms with E-state index in [9.17, 15) is 9.59 Å². The van der Waals surface area contributed by atoms with Crippen LogP contribution in [0.2, 0.25) is 0 Å². The molecule has 0 spiro atoms. The molecule has 238 valence electrons. The molecule has 0 fully saturated rings. The second-order valence-corrected chi connectivity index (χ2v) is 12.7. The zero-order chi connectivity index (χ0) is 29.5. The van der Waals surface area contributed by atoms with E-state index in [4.69, 9.17) is 0 Å². The molecule has 5 nitrogen and oxygen atoms in total. The first-order valence-corrected chi connectivity index (χ1v) is 17.8. The number of amides is 3. The van der Waals surface area contributed by atoms with Crippen LogP contribution in [0.4, 0.5) is 4.79 Å². The Morgan fingerprint density at radius 1 is 0.475 bits per heavy atom. The summed E-state index contributed by atoms with van der Waals surface area (Å²) in [5.41, 5.74) is 0. The molecule has 1 atom stereocenters. The molecule has 0 aliphatic carbocycles. The van der Waals surface area contributed by atoms with E-state index in [1.54, 1.807) is 0 Å². The SMILES string of the molecule is CCCCCCCCCCCCCCCCNC(=O)N[C@@H](CC(C)C)C(=O)NCCCCCCCCCCCC. The Morgan fingerprint density at radius 3 is 1.15 bits per heavy atom. The fourth-order valence-corrected chi connectivity index (χ4v) is 5.38. The van der Waals surface area contributed by atoms with Gasteiger partial charge in [0.1, 0.15) is 6.04 Å². The van der Waals surface area contributed by atoms with E-state index in [-0.39, 0.29) is 11.9 Å². The minimum atomic E-state index is -0.459. The van der Waals surface area contributed by atoms with Crippen molar-refractivity contribution in [3.8, 4) is 0 Å². The molecule has 3 N–H and O–H groups in total. The summed E-state index contributed by atoms with van der Waals surface area (Å²) in [6, 6.07) is -0.672. The van der Waals surface area contributed by atoms with Crippen LogP contribution < -0.4 is 16.0 Å². The van der Waals surface area contributed by atoms with Crippen LogP contribution >= 0.6 is 0 Å². The summed E-state index contributed by atoms with van der Waals surface area (Å²) in [6.45, 7) is 10.1. The summed E-state index contributed by atoms with van der Waals surface area (Å²) in [4.78, 5) is 25.2. The Morgan fingerprint density at radius 2 is 0.800 bits per heavy atom. The van der Waals surface area contributed by atoms with E-state index >= 15 is 0 Å². The molecule has 0 aliphatic rings. The third-order valence-corrected chi connectivity index (χ3v) is 7.97. The van der Waals surface area contributed by atoms with Crippen molar-refractivity contribution in [2.45, 2.75) is 194 Å². The largest absolute Gasteiger partial charge is 0.354 e. The second kappa shape index (κ2) is 30.7. The fourth-order valence-electron chi connectivity index (χ4n) is 5.38. The van der Waals surface area contributed by atoms with Gasteiger partial charge in [-0.1, -0.05) is 169 Å². The molecule has 0 unspecified atom stereocenters. The molecule has 5 heteroatoms. The van der Waals surface area contributed by atoms with E-state index in [0.29, 0.717) is 25.4 Å². The number of hydrogen-bond donors (Lipinski definition) is 3. The summed E-state index contributed by atoms with van der Waals surface area (Å²) in [7, 11) is 0. The van der Waals surface area contributed by atoms with Crippen LogP contribution in [0.1, 0.15) is 188 Å². The maximum absolute atomic E-state index is 12.7. The minimum Gasteiger partial charge on any atom is -0.354 e. The van der Waals surface area contributed by atoms with Crippen LogP contribution in [0.15, 0.2) is 0 Å². The molecule has 3 amide bonds. The van der Waals surface area contributed by atoms with Gasteiger partial charge in [0, 0.05) is 13.1 Å². The highest BCUT2D eigenvalue weighted by molar-refractivity contribution is 5.86. The lowest BCUT2D eigenvalue weighted by Gasteiger charge is -2.20. The lowest BCUT2D eigenvalue weighted by molar-refractivity contribution is -0.123. The summed E-state index contributed by atoms with van der Waals surface area (Å²) < 4.78 is 0. The fraction of sp³-hybridized carbons (Fsp3) is 0.943. The number of hydrogen-bond acceptors (Lipinski definition) is 2. The zero-order valence-corrected chi connectivity index (χ0v) is 27.6. The van der Waals surface area contributed by atoms with Gasteiger partial charge in [-0.15, -0.1) is 0 Å². The van der Waals surface area contributed by atoms with Gasteiger partial charge in [-0.05, 0) is 25.2 Å². The Labute approximate surface area is 250 Å². The van der Waals surface area contributed by atoms with Crippen molar-refractivity contribution in [3.63, 3.8) is 0 Å². The van der Waals surface area contributed by atoms with Crippen LogP contribution in [0.3, 0.4) is 0 Å². The van der Waals surface area contributed by atoms with Crippen molar-refractivity contribution in [1.29, 1.82) is 0 Å². The normalized spacial score (nSPS) is 12.0. The van der Waals surface area contributed by atoms with Gasteiger partial charge in [0.25, 0.3) is 0 Å². The van der Waals surface area contributed by atoms with Crippen LogP contribution in [-0.4, -0.2) is 31.1 Å². The van der Waals surface area contributed by atoms with Crippen molar-refractivity contribution in [1.82, 2.24) is 16.0 Å². The molecule has 0 aliphatic heterocycles. The Balaban J connectivity index is 3.77. The summed E-state index contributed by atoms with van der Waals surface area (Å²) >= 11 is 0. The number of urea groups is 1. The van der Waals surface area contributed by atoms with Crippen molar-refractivity contribution in [2.75, 3.05) is 13.1 Å². The van der Waals surface area contributed by atoms with Crippen molar-refractivity contribution in [2.24, 2.45) is 5.92 Å². The lowest BCUT2D eigenvalue weighted by atomic mass is 10.0. The van der Waals surface area contributed by atoms with Crippen LogP contribution in [0.25, 0.3) is 0 Å². The van der Waals surface area contributed by atoms with Crippen molar-refractivity contribution >= 4 is 11.9 Å². The maximum Gasteiger partial charge on any atom is 0.315 e. The predicted octanol–water partition coefficient (Wildman–Crippen LogP) is 10.2. The molecule has 0 aromatic carbocycles. The molecule has 40 heavy (non-hydrogen) atoms. The van der Waals surface area contributed by atoms with Gasteiger partial charge in [-0.25, -0.2) is 4.79 Å². The summed E-state index contributed by atoms with van der Waals surface area (Å²) in [5, 5.41) is 8.95. The Bertz CT molecular complexity index is 553. The van der Waals surface area contributed by atoms with Crippen LogP contribution in [0, 0.1) is 5.92 Å². The predicted molar refractivity (Wildman–Crippen MR) is 175 cm³/mol. The highest BCUT2D eigenvalue weighted by Crippen LogP contribution is 2.13. The molecular formula is C35H71N3O2. The van der Waals surface area contributed by atoms with E-state index < -0.39 is 6.04 Å². The Hall–Kier alpha value is -1.26. The maximum atomic E-state index is 12.7. The van der Waals surface area contributed by atoms with Crippen LogP contribution in [-0.2, 0) is 4.79 Å². The standard InChI is InChI=1S/C35H71N3O2/c1-5-7-9-11-13-15-17-18-19-20-22-24-26-28-30-37-35(40)38-33(31-32(3)4)34(39)36-29-27-25-23-21-16-14-12-10-8-6-2/h32-33H,5-31H2,1-4H3,(H,36,39)(H2,37,38,40)/t33-/m0/s1. The first kappa shape index (κ1) is 38.7. The summed E-state index contributed by atoms with van der Waals surface area (Å²) in [6.07, 6.45) is 32.1. The monoisotopic (exact) mass is 566 g/mol. The lowest BCUT2D eigenvalue weighted by Crippen LogP contribution is -2.50. The molecule has 0 radical (unpaired) electrons. The Kier molecular flexibility index (Phi) is 29.7. The van der Waals surface area contributed by atoms with Gasteiger partial charge < -0.3 is 16.0 Å². The summed E-state index contributed by atoms with van der Waals surface area (Å²) in [5.74, 6) is 0.301. The van der Waals surface area contributed by atoms with E-state index in [2.05, 4.69) is 43.6 Å². The van der Waals surface area contributed by atoms with E-state index in [1.807, 2.05) is 0 Å². The molecule has 0 saturated carbocycles. The number of nitrogens with one attached hydrogen (secondary N) is 3. The highest BCUT2D eigenvalue weighted by atomic mass is 16.2. The zero-order valence-electron chi connectivity index (χ0n) is 27.6. The molecular weight excluding hydrogens is 494 g/mol. The van der Waals surface area contributed by atoms with Gasteiger partial charge in [-0.3, -0.25) is 4.79 Å². The number of carbonyl (C=O) groups excluding carboxylic acids is 2. The molecule has 0 rings (SSSR count). The average Bonchev–Trinajstić information content (AvgIpc) is 2.93. The quantitative estimate of drug-likeness (QED) is 0.0758. The smallest absolute Gasteiger partial charge is 0.315 e. The second-order valence-electron chi connectivity index (χ2n) is 12.7. The average molecular weight is 566 g/mol. The molecule has 0 aromatic heterocycles. The van der Waals surface area contributed by atoms with Crippen molar-refractivity contribution in [3.05, 3.63) is 0 Å². The van der Waals surface area contributed by atoms with Crippen molar-refractivity contribution < 1.29 is 9.59 Å². The number of unbranched alkanes of at least 4 members (excludes halogenated alkanes) is 22. The number of rotatable bonds is 30. The molecule has 0 heterocycles. The third kappa shape index (κ3) is 28.3. The molecule has 0 bridgehead atoms.